The van der Waals surface area contributed by atoms with Gasteiger partial charge in [0, 0.05) is 5.69 Å². The average Bonchev–Trinajstić information content (AvgIpc) is 2.57. The topological polar surface area (TPSA) is 67.1 Å². The van der Waals surface area contributed by atoms with Crippen molar-refractivity contribution >= 4 is 28.1 Å². The molecule has 0 unspecified atom stereocenters. The Bertz CT molecular complexity index is 956. The summed E-state index contributed by atoms with van der Waals surface area (Å²) in [6, 6.07) is 17.6. The van der Waals surface area contributed by atoms with Crippen LogP contribution in [0.3, 0.4) is 0 Å². The van der Waals surface area contributed by atoms with Gasteiger partial charge >= 0.3 is 0 Å². The van der Waals surface area contributed by atoms with Gasteiger partial charge in [-0.1, -0.05) is 49.0 Å². The Morgan fingerprint density at radius 3 is 2.12 bits per heavy atom. The fourth-order valence-electron chi connectivity index (χ4n) is 2.90. The van der Waals surface area contributed by atoms with Gasteiger partial charge in [-0.25, -0.2) is 0 Å². The highest BCUT2D eigenvalue weighted by molar-refractivity contribution is 6.04. The molecule has 0 radical (unpaired) electrons. The van der Waals surface area contributed by atoms with Crippen LogP contribution in [0.4, 0.5) is 11.4 Å². The number of carbonyl (C=O) groups is 1. The zero-order valence-electron chi connectivity index (χ0n) is 14.4. The van der Waals surface area contributed by atoms with Crippen LogP contribution in [0.15, 0.2) is 67.0 Å². The molecule has 0 saturated heterocycles. The predicted molar refractivity (Wildman–Crippen MR) is 105 cm³/mol. The van der Waals surface area contributed by atoms with Gasteiger partial charge in [0.1, 0.15) is 5.82 Å². The number of nitrogens with one attached hydrogen (secondary N) is 2. The number of benzene rings is 3. The summed E-state index contributed by atoms with van der Waals surface area (Å²) < 4.78 is 0. The van der Waals surface area contributed by atoms with Gasteiger partial charge in [0.15, 0.2) is 0 Å². The van der Waals surface area contributed by atoms with Gasteiger partial charge in [-0.05, 0) is 47.9 Å². The molecular weight excluding hydrogens is 310 g/mol. The van der Waals surface area contributed by atoms with Crippen LogP contribution >= 0.6 is 0 Å². The van der Waals surface area contributed by atoms with Crippen LogP contribution in [0, 0.1) is 13.8 Å². The van der Waals surface area contributed by atoms with Crippen LogP contribution in [-0.4, -0.2) is 5.91 Å². The van der Waals surface area contributed by atoms with E-state index in [9.17, 15) is 4.79 Å². The van der Waals surface area contributed by atoms with Gasteiger partial charge in [0.2, 0.25) is 0 Å². The SMILES string of the molecule is C=C(Nc1cc2ccccc2cc1C(N)=O)Nc1c(C)cccc1C. The summed E-state index contributed by atoms with van der Waals surface area (Å²) in [5, 5.41) is 8.45. The minimum atomic E-state index is -0.479. The highest BCUT2D eigenvalue weighted by Gasteiger charge is 2.11. The van der Waals surface area contributed by atoms with E-state index in [1.807, 2.05) is 62.4 Å². The molecule has 0 saturated carbocycles. The molecule has 0 heterocycles. The smallest absolute Gasteiger partial charge is 0.250 e. The third-order valence-electron chi connectivity index (χ3n) is 4.19. The first kappa shape index (κ1) is 16.6. The monoisotopic (exact) mass is 331 g/mol. The van der Waals surface area contributed by atoms with Crippen molar-refractivity contribution < 1.29 is 4.79 Å². The summed E-state index contributed by atoms with van der Waals surface area (Å²) in [6.07, 6.45) is 0. The highest BCUT2D eigenvalue weighted by atomic mass is 16.1. The second-order valence-corrected chi connectivity index (χ2v) is 6.10. The molecule has 3 aromatic rings. The maximum absolute atomic E-state index is 11.8. The molecule has 4 nitrogen and oxygen atoms in total. The Morgan fingerprint density at radius 2 is 1.52 bits per heavy atom. The first-order valence-corrected chi connectivity index (χ1v) is 8.07. The lowest BCUT2D eigenvalue weighted by Crippen LogP contribution is -2.16. The first-order valence-electron chi connectivity index (χ1n) is 8.07. The number of rotatable bonds is 5. The Balaban J connectivity index is 1.92. The van der Waals surface area contributed by atoms with E-state index >= 15 is 0 Å². The summed E-state index contributed by atoms with van der Waals surface area (Å²) in [7, 11) is 0. The van der Waals surface area contributed by atoms with Crippen molar-refractivity contribution in [3.8, 4) is 0 Å². The van der Waals surface area contributed by atoms with Gasteiger partial charge in [-0.2, -0.15) is 0 Å². The fraction of sp³-hybridized carbons (Fsp3) is 0.0952. The Hall–Kier alpha value is -3.27. The largest absolute Gasteiger partial charge is 0.366 e. The third kappa shape index (κ3) is 3.48. The molecule has 4 heteroatoms. The van der Waals surface area contributed by atoms with Crippen LogP contribution in [0.1, 0.15) is 21.5 Å². The molecule has 3 aromatic carbocycles. The molecule has 25 heavy (non-hydrogen) atoms. The molecule has 126 valence electrons. The van der Waals surface area contributed by atoms with E-state index < -0.39 is 5.91 Å². The van der Waals surface area contributed by atoms with Crippen molar-refractivity contribution in [2.45, 2.75) is 13.8 Å². The van der Waals surface area contributed by atoms with E-state index in [4.69, 9.17) is 5.73 Å². The molecule has 3 rings (SSSR count). The van der Waals surface area contributed by atoms with Crippen molar-refractivity contribution in [2.75, 3.05) is 10.6 Å². The van der Waals surface area contributed by atoms with Crippen molar-refractivity contribution in [1.82, 2.24) is 0 Å². The molecule has 0 aliphatic heterocycles. The van der Waals surface area contributed by atoms with Crippen molar-refractivity contribution in [2.24, 2.45) is 5.73 Å². The lowest BCUT2D eigenvalue weighted by Gasteiger charge is -2.18. The number of carbonyl (C=O) groups excluding carboxylic acids is 1. The number of amides is 1. The quantitative estimate of drug-likeness (QED) is 0.642. The fourth-order valence-corrected chi connectivity index (χ4v) is 2.90. The molecule has 0 atom stereocenters. The molecule has 4 N–H and O–H groups in total. The van der Waals surface area contributed by atoms with Gasteiger partial charge in [-0.3, -0.25) is 4.79 Å². The second-order valence-electron chi connectivity index (χ2n) is 6.10. The number of hydrogen-bond donors (Lipinski definition) is 3. The molecule has 0 aliphatic carbocycles. The summed E-state index contributed by atoms with van der Waals surface area (Å²) in [5.41, 5.74) is 9.87. The van der Waals surface area contributed by atoms with Gasteiger partial charge < -0.3 is 16.4 Å². The number of anilines is 2. The van der Waals surface area contributed by atoms with Crippen molar-refractivity contribution in [1.29, 1.82) is 0 Å². The number of aryl methyl sites for hydroxylation is 2. The lowest BCUT2D eigenvalue weighted by molar-refractivity contribution is 0.100. The maximum atomic E-state index is 11.8. The standard InChI is InChI=1S/C21H21N3O/c1-13-7-6-8-14(2)20(13)24-15(3)23-19-12-17-10-5-4-9-16(17)11-18(19)21(22)25/h4-12,23-24H,3H2,1-2H3,(H2,22,25). The number of nitrogens with two attached hydrogens (primary N) is 1. The lowest BCUT2D eigenvalue weighted by atomic mass is 10.0. The second kappa shape index (κ2) is 6.69. The van der Waals surface area contributed by atoms with E-state index in [1.54, 1.807) is 6.07 Å². The molecule has 0 spiro atoms. The minimum absolute atomic E-state index is 0.433. The van der Waals surface area contributed by atoms with E-state index in [0.29, 0.717) is 17.1 Å². The zero-order chi connectivity index (χ0) is 18.0. The normalized spacial score (nSPS) is 10.5. The molecule has 0 bridgehead atoms. The Labute approximate surface area is 147 Å². The summed E-state index contributed by atoms with van der Waals surface area (Å²) in [6.45, 7) is 8.10. The van der Waals surface area contributed by atoms with Gasteiger partial charge in [-0.15, -0.1) is 0 Å². The van der Waals surface area contributed by atoms with Crippen molar-refractivity contribution in [3.05, 3.63) is 83.7 Å². The molecule has 0 aliphatic rings. The Morgan fingerprint density at radius 1 is 0.920 bits per heavy atom. The number of para-hydroxylation sites is 1. The van der Waals surface area contributed by atoms with E-state index in [1.165, 1.54) is 0 Å². The van der Waals surface area contributed by atoms with Crippen LogP contribution in [-0.2, 0) is 0 Å². The molecule has 0 fully saturated rings. The van der Waals surface area contributed by atoms with Crippen LogP contribution in [0.5, 0.6) is 0 Å². The van der Waals surface area contributed by atoms with Crippen LogP contribution in [0.25, 0.3) is 10.8 Å². The van der Waals surface area contributed by atoms with Crippen LogP contribution in [0.2, 0.25) is 0 Å². The number of hydrogen-bond acceptors (Lipinski definition) is 3. The summed E-state index contributed by atoms with van der Waals surface area (Å²) in [4.78, 5) is 11.8. The Kier molecular flexibility index (Phi) is 4.44. The van der Waals surface area contributed by atoms with E-state index in [-0.39, 0.29) is 0 Å². The van der Waals surface area contributed by atoms with E-state index in [0.717, 1.165) is 27.6 Å². The molecular formula is C21H21N3O. The maximum Gasteiger partial charge on any atom is 0.250 e. The zero-order valence-corrected chi connectivity index (χ0v) is 14.4. The number of primary amides is 1. The summed E-state index contributed by atoms with van der Waals surface area (Å²) in [5.74, 6) is 0.100. The third-order valence-corrected chi connectivity index (χ3v) is 4.19. The molecule has 1 amide bonds. The average molecular weight is 331 g/mol. The first-order chi connectivity index (χ1) is 12.0. The van der Waals surface area contributed by atoms with Gasteiger partial charge in [0.05, 0.1) is 11.3 Å². The number of fused-ring (bicyclic) bond motifs is 1. The van der Waals surface area contributed by atoms with Gasteiger partial charge in [0.25, 0.3) is 5.91 Å². The van der Waals surface area contributed by atoms with Crippen molar-refractivity contribution in [3.63, 3.8) is 0 Å². The highest BCUT2D eigenvalue weighted by Crippen LogP contribution is 2.26. The predicted octanol–water partition coefficient (Wildman–Crippen LogP) is 4.55. The van der Waals surface area contributed by atoms with Crippen LogP contribution < -0.4 is 16.4 Å². The molecule has 0 aromatic heterocycles. The minimum Gasteiger partial charge on any atom is -0.366 e. The van der Waals surface area contributed by atoms with E-state index in [2.05, 4.69) is 17.2 Å². The summed E-state index contributed by atoms with van der Waals surface area (Å²) >= 11 is 0.